The van der Waals surface area contributed by atoms with E-state index in [9.17, 15) is 0 Å². The smallest absolute Gasteiger partial charge is 0.254 e. The molecule has 0 aliphatic heterocycles. The summed E-state index contributed by atoms with van der Waals surface area (Å²) >= 11 is 0. The molecular formula is C14H23ClN6. The van der Waals surface area contributed by atoms with E-state index in [-0.39, 0.29) is 12.4 Å². The monoisotopic (exact) mass is 310 g/mol. The number of anilines is 1. The van der Waals surface area contributed by atoms with Crippen LogP contribution in [0.5, 0.6) is 0 Å². The van der Waals surface area contributed by atoms with E-state index in [4.69, 9.17) is 0 Å². The number of rotatable bonds is 4. The van der Waals surface area contributed by atoms with Crippen molar-refractivity contribution in [3.8, 4) is 0 Å². The highest BCUT2D eigenvalue weighted by molar-refractivity contribution is 5.85. The fourth-order valence-corrected chi connectivity index (χ4v) is 2.76. The fourth-order valence-electron chi connectivity index (χ4n) is 2.76. The number of hydrogen-bond donors (Lipinski definition) is 1. The third-order valence-corrected chi connectivity index (χ3v) is 3.89. The van der Waals surface area contributed by atoms with Gasteiger partial charge in [-0.25, -0.2) is 4.98 Å². The highest BCUT2D eigenvalue weighted by atomic mass is 35.5. The second kappa shape index (κ2) is 6.58. The van der Waals surface area contributed by atoms with Crippen LogP contribution in [0.3, 0.4) is 0 Å². The Morgan fingerprint density at radius 1 is 1.43 bits per heavy atom. The van der Waals surface area contributed by atoms with Crippen LogP contribution in [0.2, 0.25) is 0 Å². The van der Waals surface area contributed by atoms with Crippen molar-refractivity contribution in [2.24, 2.45) is 5.92 Å². The fraction of sp³-hybridized carbons (Fsp3) is 0.643. The van der Waals surface area contributed by atoms with Crippen molar-refractivity contribution >= 4 is 24.0 Å². The van der Waals surface area contributed by atoms with Gasteiger partial charge in [0.25, 0.3) is 5.78 Å². The Morgan fingerprint density at radius 2 is 2.24 bits per heavy atom. The minimum atomic E-state index is 0. The van der Waals surface area contributed by atoms with Gasteiger partial charge in [-0.15, -0.1) is 12.4 Å². The lowest BCUT2D eigenvalue weighted by atomic mass is 9.88. The largest absolute Gasteiger partial charge is 0.368 e. The molecule has 1 N–H and O–H groups in total. The predicted molar refractivity (Wildman–Crippen MR) is 86.3 cm³/mol. The van der Waals surface area contributed by atoms with Crippen LogP contribution in [0.1, 0.15) is 24.6 Å². The van der Waals surface area contributed by atoms with Crippen LogP contribution in [0.25, 0.3) is 5.78 Å². The van der Waals surface area contributed by atoms with Crippen LogP contribution in [-0.2, 0) is 12.8 Å². The van der Waals surface area contributed by atoms with Gasteiger partial charge in [-0.3, -0.25) is 0 Å². The molecule has 1 unspecified atom stereocenters. The van der Waals surface area contributed by atoms with Crippen LogP contribution < -0.4 is 5.32 Å². The van der Waals surface area contributed by atoms with E-state index >= 15 is 0 Å². The lowest BCUT2D eigenvalue weighted by Gasteiger charge is -2.24. The number of aromatic nitrogens is 4. The van der Waals surface area contributed by atoms with E-state index in [0.717, 1.165) is 31.7 Å². The van der Waals surface area contributed by atoms with Crippen molar-refractivity contribution in [2.75, 3.05) is 32.5 Å². The zero-order valence-electron chi connectivity index (χ0n) is 12.8. The van der Waals surface area contributed by atoms with Crippen LogP contribution in [-0.4, -0.2) is 51.7 Å². The third kappa shape index (κ3) is 3.27. The molecule has 21 heavy (non-hydrogen) atoms. The molecule has 6 nitrogen and oxygen atoms in total. The number of hydrogen-bond acceptors (Lipinski definition) is 5. The van der Waals surface area contributed by atoms with Gasteiger partial charge in [0.15, 0.2) is 0 Å². The minimum absolute atomic E-state index is 0. The quantitative estimate of drug-likeness (QED) is 0.930. The Bertz CT molecular complexity index is 609. The molecule has 2 aromatic rings. The highest BCUT2D eigenvalue weighted by Gasteiger charge is 2.22. The first-order chi connectivity index (χ1) is 9.65. The van der Waals surface area contributed by atoms with Crippen LogP contribution in [0, 0.1) is 5.92 Å². The van der Waals surface area contributed by atoms with Crippen molar-refractivity contribution in [3.63, 3.8) is 0 Å². The molecule has 0 fully saturated rings. The van der Waals surface area contributed by atoms with E-state index in [0.29, 0.717) is 11.7 Å². The molecule has 7 heteroatoms. The summed E-state index contributed by atoms with van der Waals surface area (Å²) in [4.78, 5) is 11.1. The standard InChI is InChI=1S/C14H22N6.ClH/c1-10-4-5-11-12(8-10)18-14-16-9-17-20(14)13(11)15-6-7-19(2)3;/h9-10,15H,4-8H2,1-3H3;1H. The van der Waals surface area contributed by atoms with Crippen molar-refractivity contribution in [3.05, 3.63) is 17.6 Å². The first kappa shape index (κ1) is 16.0. The summed E-state index contributed by atoms with van der Waals surface area (Å²) in [6.45, 7) is 4.18. The van der Waals surface area contributed by atoms with Crippen LogP contribution >= 0.6 is 12.4 Å². The molecule has 3 rings (SSSR count). The summed E-state index contributed by atoms with van der Waals surface area (Å²) in [5.41, 5.74) is 2.51. The van der Waals surface area contributed by atoms with Gasteiger partial charge in [-0.1, -0.05) is 6.92 Å². The zero-order chi connectivity index (χ0) is 14.1. The molecule has 116 valence electrons. The molecule has 0 bridgehead atoms. The maximum Gasteiger partial charge on any atom is 0.254 e. The number of likely N-dealkylation sites (N-methyl/N-ethyl adjacent to an activating group) is 1. The summed E-state index contributed by atoms with van der Waals surface area (Å²) in [5, 5.41) is 7.84. The summed E-state index contributed by atoms with van der Waals surface area (Å²) in [5.74, 6) is 2.48. The van der Waals surface area contributed by atoms with Crippen molar-refractivity contribution < 1.29 is 0 Å². The van der Waals surface area contributed by atoms with E-state index in [1.807, 2.05) is 4.52 Å². The third-order valence-electron chi connectivity index (χ3n) is 3.89. The van der Waals surface area contributed by atoms with E-state index in [1.165, 1.54) is 17.7 Å². The molecule has 0 spiro atoms. The van der Waals surface area contributed by atoms with Gasteiger partial charge < -0.3 is 10.2 Å². The maximum atomic E-state index is 4.67. The van der Waals surface area contributed by atoms with Crippen LogP contribution in [0.4, 0.5) is 5.82 Å². The average molecular weight is 311 g/mol. The minimum Gasteiger partial charge on any atom is -0.368 e. The van der Waals surface area contributed by atoms with E-state index < -0.39 is 0 Å². The number of nitrogens with one attached hydrogen (secondary N) is 1. The van der Waals surface area contributed by atoms with Gasteiger partial charge in [0.2, 0.25) is 0 Å². The molecule has 0 saturated heterocycles. The van der Waals surface area contributed by atoms with Crippen LogP contribution in [0.15, 0.2) is 6.33 Å². The van der Waals surface area contributed by atoms with Gasteiger partial charge in [0.05, 0.1) is 5.69 Å². The van der Waals surface area contributed by atoms with Gasteiger partial charge in [0.1, 0.15) is 12.1 Å². The second-order valence-electron chi connectivity index (χ2n) is 5.94. The molecule has 2 aromatic heterocycles. The SMILES string of the molecule is CC1CCc2c(nc3ncnn3c2NCCN(C)C)C1.Cl. The van der Waals surface area contributed by atoms with Crippen molar-refractivity contribution in [1.29, 1.82) is 0 Å². The Hall–Kier alpha value is -1.40. The molecule has 0 amide bonds. The van der Waals surface area contributed by atoms with E-state index in [2.05, 4.69) is 46.3 Å². The summed E-state index contributed by atoms with van der Waals surface area (Å²) in [7, 11) is 4.16. The Kier molecular flexibility index (Phi) is 5.00. The Morgan fingerprint density at radius 3 is 3.00 bits per heavy atom. The lowest BCUT2D eigenvalue weighted by molar-refractivity contribution is 0.424. The summed E-state index contributed by atoms with van der Waals surface area (Å²) < 4.78 is 1.84. The normalized spacial score (nSPS) is 17.6. The van der Waals surface area contributed by atoms with Gasteiger partial charge in [-0.2, -0.15) is 14.6 Å². The highest BCUT2D eigenvalue weighted by Crippen LogP contribution is 2.29. The molecule has 0 saturated carbocycles. The Labute approximate surface area is 131 Å². The van der Waals surface area contributed by atoms with Crippen molar-refractivity contribution in [2.45, 2.75) is 26.2 Å². The second-order valence-corrected chi connectivity index (χ2v) is 5.94. The molecule has 2 heterocycles. The van der Waals surface area contributed by atoms with Crippen molar-refractivity contribution in [1.82, 2.24) is 24.5 Å². The number of nitrogens with zero attached hydrogens (tertiary/aromatic N) is 5. The van der Waals surface area contributed by atoms with Gasteiger partial charge >= 0.3 is 0 Å². The molecule has 1 aliphatic rings. The summed E-state index contributed by atoms with van der Waals surface area (Å²) in [6, 6.07) is 0. The van der Waals surface area contributed by atoms with Gasteiger partial charge in [-0.05, 0) is 39.3 Å². The first-order valence-corrected chi connectivity index (χ1v) is 7.25. The summed E-state index contributed by atoms with van der Waals surface area (Å²) in [6.07, 6.45) is 4.91. The Balaban J connectivity index is 0.00000161. The molecule has 1 atom stereocenters. The zero-order valence-corrected chi connectivity index (χ0v) is 13.7. The number of halogens is 1. The predicted octanol–water partition coefficient (Wildman–Crippen LogP) is 1.64. The molecule has 0 radical (unpaired) electrons. The lowest BCUT2D eigenvalue weighted by Crippen LogP contribution is -2.24. The first-order valence-electron chi connectivity index (χ1n) is 7.25. The topological polar surface area (TPSA) is 58.4 Å². The molecular weight excluding hydrogens is 288 g/mol. The number of fused-ring (bicyclic) bond motifs is 2. The average Bonchev–Trinajstić information content (AvgIpc) is 2.85. The molecule has 1 aliphatic carbocycles. The molecule has 0 aromatic carbocycles. The maximum absolute atomic E-state index is 4.67. The van der Waals surface area contributed by atoms with Gasteiger partial charge in [0, 0.05) is 18.7 Å². The van der Waals surface area contributed by atoms with E-state index in [1.54, 1.807) is 6.33 Å².